The van der Waals surface area contributed by atoms with Crippen molar-refractivity contribution in [3.05, 3.63) is 75.7 Å². The van der Waals surface area contributed by atoms with E-state index in [2.05, 4.69) is 25.8 Å². The van der Waals surface area contributed by atoms with E-state index in [4.69, 9.17) is 16.6 Å². The zero-order valence-corrected chi connectivity index (χ0v) is 20.6. The molecule has 10 heteroatoms. The van der Waals surface area contributed by atoms with E-state index in [-0.39, 0.29) is 11.1 Å². The molecule has 34 heavy (non-hydrogen) atoms. The quantitative estimate of drug-likeness (QED) is 0.550. The van der Waals surface area contributed by atoms with Gasteiger partial charge in [0.25, 0.3) is 21.5 Å². The number of pyridine rings is 2. The molecule has 1 aromatic carbocycles. The maximum absolute atomic E-state index is 13.2. The molecule has 0 spiro atoms. The summed E-state index contributed by atoms with van der Waals surface area (Å²) in [6.45, 7) is 6.90. The number of anilines is 1. The highest BCUT2D eigenvalue weighted by Gasteiger charge is 2.39. The Morgan fingerprint density at radius 3 is 2.62 bits per heavy atom. The van der Waals surface area contributed by atoms with Gasteiger partial charge in [-0.15, -0.1) is 0 Å². The van der Waals surface area contributed by atoms with Gasteiger partial charge < -0.3 is 9.88 Å². The third-order valence-corrected chi connectivity index (χ3v) is 7.46. The van der Waals surface area contributed by atoms with Gasteiger partial charge in [-0.25, -0.2) is 18.1 Å². The lowest BCUT2D eigenvalue weighted by Crippen LogP contribution is -2.41. The van der Waals surface area contributed by atoms with E-state index in [1.54, 1.807) is 24.3 Å². The van der Waals surface area contributed by atoms with Crippen LogP contribution in [-0.4, -0.2) is 36.4 Å². The summed E-state index contributed by atoms with van der Waals surface area (Å²) in [4.78, 5) is 33.8. The highest BCUT2D eigenvalue weighted by Crippen LogP contribution is 2.38. The molecule has 0 saturated carbocycles. The van der Waals surface area contributed by atoms with Gasteiger partial charge in [0.05, 0.1) is 11.3 Å². The fourth-order valence-corrected chi connectivity index (χ4v) is 5.66. The number of benzene rings is 1. The van der Waals surface area contributed by atoms with Crippen LogP contribution in [0.3, 0.4) is 0 Å². The number of sulfonamides is 1. The average Bonchev–Trinajstić information content (AvgIpc) is 3.04. The zero-order valence-electron chi connectivity index (χ0n) is 19.0. The number of halogens is 1. The van der Waals surface area contributed by atoms with Gasteiger partial charge in [0.15, 0.2) is 4.90 Å². The lowest BCUT2D eigenvalue weighted by Gasteiger charge is -2.34. The van der Waals surface area contributed by atoms with Gasteiger partial charge in [-0.3, -0.25) is 9.59 Å². The summed E-state index contributed by atoms with van der Waals surface area (Å²) in [5.74, 6) is -0.130. The van der Waals surface area contributed by atoms with Crippen LogP contribution in [0.2, 0.25) is 5.02 Å². The van der Waals surface area contributed by atoms with E-state index in [0.717, 1.165) is 18.1 Å². The van der Waals surface area contributed by atoms with Gasteiger partial charge in [-0.1, -0.05) is 30.7 Å². The van der Waals surface area contributed by atoms with Gasteiger partial charge in [0, 0.05) is 28.9 Å². The van der Waals surface area contributed by atoms with Crippen LogP contribution in [0, 0.1) is 5.92 Å². The van der Waals surface area contributed by atoms with Crippen LogP contribution >= 0.6 is 11.6 Å². The van der Waals surface area contributed by atoms with Crippen LogP contribution < -0.4 is 15.2 Å². The Balaban J connectivity index is 1.79. The highest BCUT2D eigenvalue weighted by atomic mass is 35.5. The molecule has 0 radical (unpaired) electrons. The molecule has 1 saturated heterocycles. The van der Waals surface area contributed by atoms with Crippen LogP contribution in [0.25, 0.3) is 11.3 Å². The first-order valence-electron chi connectivity index (χ1n) is 10.8. The third kappa shape index (κ3) is 4.71. The number of aromatic nitrogens is 2. The summed E-state index contributed by atoms with van der Waals surface area (Å²) in [5.41, 5.74) is 0.362. The van der Waals surface area contributed by atoms with Crippen molar-refractivity contribution in [3.63, 3.8) is 0 Å². The molecule has 8 nitrogen and oxygen atoms in total. The number of nitrogens with zero attached hydrogens (tertiary/aromatic N) is 2. The van der Waals surface area contributed by atoms with Crippen molar-refractivity contribution in [2.24, 2.45) is 5.92 Å². The second-order valence-corrected chi connectivity index (χ2v) is 11.2. The summed E-state index contributed by atoms with van der Waals surface area (Å²) in [5, 5.41) is 0.553. The summed E-state index contributed by atoms with van der Waals surface area (Å²) in [6, 6.07) is 12.9. The molecule has 1 atom stereocenters. The SMILES string of the molecule is C[C@@H]1CN(c2nc(-c3cccc(Cl)c3)ccc2C(=O)NS(=O)(=O)c2ccc[nH]c2=O)C(C)(C)C1. The Hall–Kier alpha value is -3.17. The van der Waals surface area contributed by atoms with Crippen LogP contribution in [0.5, 0.6) is 0 Å². The zero-order chi connectivity index (χ0) is 24.7. The Morgan fingerprint density at radius 1 is 1.21 bits per heavy atom. The topological polar surface area (TPSA) is 112 Å². The minimum absolute atomic E-state index is 0.101. The molecule has 1 fully saturated rings. The Morgan fingerprint density at radius 2 is 1.97 bits per heavy atom. The molecule has 2 N–H and O–H groups in total. The van der Waals surface area contributed by atoms with Gasteiger partial charge in [0.2, 0.25) is 0 Å². The highest BCUT2D eigenvalue weighted by molar-refractivity contribution is 7.90. The molecular formula is C24H25ClN4O4S. The third-order valence-electron chi connectivity index (χ3n) is 5.87. The van der Waals surface area contributed by atoms with E-state index < -0.39 is 26.4 Å². The molecule has 178 valence electrons. The molecule has 1 aliphatic heterocycles. The standard InChI is InChI=1S/C24H25ClN4O4S/c1-15-13-24(2,3)29(14-15)21-18(9-10-19(27-21)16-6-4-7-17(25)12-16)22(30)28-34(32,33)20-8-5-11-26-23(20)31/h4-12,15H,13-14H2,1-3H3,(H,26,31)(H,28,30)/t15-/m0/s1. The lowest BCUT2D eigenvalue weighted by molar-refractivity contribution is 0.0981. The van der Waals surface area contributed by atoms with Crippen molar-refractivity contribution in [2.75, 3.05) is 11.4 Å². The molecule has 1 aliphatic rings. The monoisotopic (exact) mass is 500 g/mol. The molecular weight excluding hydrogens is 476 g/mol. The number of rotatable bonds is 5. The number of H-pyrrole nitrogens is 1. The van der Waals surface area contributed by atoms with Crippen molar-refractivity contribution in [3.8, 4) is 11.3 Å². The predicted molar refractivity (Wildman–Crippen MR) is 132 cm³/mol. The smallest absolute Gasteiger partial charge is 0.269 e. The summed E-state index contributed by atoms with van der Waals surface area (Å²) >= 11 is 6.15. The second kappa shape index (κ2) is 8.88. The Bertz CT molecular complexity index is 1420. The summed E-state index contributed by atoms with van der Waals surface area (Å²) < 4.78 is 27.6. The van der Waals surface area contributed by atoms with E-state index in [1.807, 2.05) is 21.8 Å². The van der Waals surface area contributed by atoms with Gasteiger partial charge in [-0.2, -0.15) is 0 Å². The largest absolute Gasteiger partial charge is 0.351 e. The number of carbonyl (C=O) groups is 1. The molecule has 1 amide bonds. The van der Waals surface area contributed by atoms with Crippen molar-refractivity contribution in [1.29, 1.82) is 0 Å². The minimum Gasteiger partial charge on any atom is -0.351 e. The fourth-order valence-electron chi connectivity index (χ4n) is 4.45. The van der Waals surface area contributed by atoms with Gasteiger partial charge in [-0.05, 0) is 62.6 Å². The van der Waals surface area contributed by atoms with E-state index in [9.17, 15) is 18.0 Å². The number of amides is 1. The van der Waals surface area contributed by atoms with Crippen molar-refractivity contribution in [2.45, 2.75) is 37.6 Å². The maximum Gasteiger partial charge on any atom is 0.269 e. The molecule has 2 aromatic heterocycles. The first-order valence-corrected chi connectivity index (χ1v) is 12.6. The molecule has 3 heterocycles. The van der Waals surface area contributed by atoms with Crippen LogP contribution in [0.15, 0.2) is 64.4 Å². The van der Waals surface area contributed by atoms with Crippen LogP contribution in [-0.2, 0) is 10.0 Å². The molecule has 0 aliphatic carbocycles. The summed E-state index contributed by atoms with van der Waals surface area (Å²) in [7, 11) is -4.39. The Labute approximate surface area is 203 Å². The first kappa shape index (κ1) is 24.0. The van der Waals surface area contributed by atoms with Gasteiger partial charge >= 0.3 is 0 Å². The molecule has 0 bridgehead atoms. The maximum atomic E-state index is 13.2. The minimum atomic E-state index is -4.39. The number of hydrogen-bond donors (Lipinski definition) is 2. The normalized spacial score (nSPS) is 17.5. The van der Waals surface area contributed by atoms with E-state index in [0.29, 0.717) is 29.0 Å². The molecule has 4 rings (SSSR count). The molecule has 0 unspecified atom stereocenters. The van der Waals surface area contributed by atoms with Gasteiger partial charge in [0.1, 0.15) is 5.82 Å². The van der Waals surface area contributed by atoms with E-state index in [1.165, 1.54) is 12.3 Å². The number of hydrogen-bond acceptors (Lipinski definition) is 6. The molecule has 3 aromatic rings. The summed E-state index contributed by atoms with van der Waals surface area (Å²) in [6.07, 6.45) is 2.20. The predicted octanol–water partition coefficient (Wildman–Crippen LogP) is 3.83. The number of aromatic amines is 1. The lowest BCUT2D eigenvalue weighted by atomic mass is 9.97. The van der Waals surface area contributed by atoms with Crippen molar-refractivity contribution in [1.82, 2.24) is 14.7 Å². The van der Waals surface area contributed by atoms with Crippen molar-refractivity contribution < 1.29 is 13.2 Å². The average molecular weight is 501 g/mol. The first-order chi connectivity index (χ1) is 16.0. The van der Waals surface area contributed by atoms with Crippen molar-refractivity contribution >= 4 is 33.3 Å². The van der Waals surface area contributed by atoms with Crippen LogP contribution in [0.1, 0.15) is 37.6 Å². The van der Waals surface area contributed by atoms with Crippen LogP contribution in [0.4, 0.5) is 5.82 Å². The second-order valence-electron chi connectivity index (χ2n) is 9.11. The fraction of sp³-hybridized carbons (Fsp3) is 0.292. The number of carbonyl (C=O) groups excluding carboxylic acids is 1. The number of nitrogens with one attached hydrogen (secondary N) is 2. The van der Waals surface area contributed by atoms with E-state index >= 15 is 0 Å². The Kier molecular flexibility index (Phi) is 6.26.